The van der Waals surface area contributed by atoms with Crippen LogP contribution in [0.5, 0.6) is 0 Å². The molecule has 8 heteroatoms. The zero-order chi connectivity index (χ0) is 24.7. The topological polar surface area (TPSA) is 87.2 Å². The summed E-state index contributed by atoms with van der Waals surface area (Å²) >= 11 is 1.61. The molecular weight excluding hydrogens is 440 g/mol. The summed E-state index contributed by atoms with van der Waals surface area (Å²) in [4.78, 5) is 44.7. The van der Waals surface area contributed by atoms with Crippen molar-refractivity contribution in [3.05, 3.63) is 25.3 Å². The SMILES string of the molecule is C=CCOC(=O)[C@@H]1[C@@H]2CC(C)C3(S2)C(C(=O)N(CC=C)C(C)C)N([C@@H](CO)C(C)C)C(=O)[C@H]13. The van der Waals surface area contributed by atoms with Crippen molar-refractivity contribution < 1.29 is 24.2 Å². The minimum absolute atomic E-state index is 0.0555. The van der Waals surface area contributed by atoms with Crippen LogP contribution in [0.1, 0.15) is 41.0 Å². The second kappa shape index (κ2) is 9.82. The van der Waals surface area contributed by atoms with Crippen molar-refractivity contribution >= 4 is 29.5 Å². The van der Waals surface area contributed by atoms with Crippen LogP contribution in [-0.2, 0) is 19.1 Å². The third-order valence-corrected chi connectivity index (χ3v) is 9.66. The second-order valence-electron chi connectivity index (χ2n) is 10.1. The average Bonchev–Trinajstić information content (AvgIpc) is 3.34. The lowest BCUT2D eigenvalue weighted by molar-refractivity contribution is -0.154. The average molecular weight is 479 g/mol. The summed E-state index contributed by atoms with van der Waals surface area (Å²) in [5.74, 6) is -1.99. The van der Waals surface area contributed by atoms with Crippen LogP contribution >= 0.6 is 11.8 Å². The molecule has 0 aromatic rings. The maximum absolute atomic E-state index is 14.2. The van der Waals surface area contributed by atoms with Crippen molar-refractivity contribution in [2.45, 2.75) is 69.2 Å². The highest BCUT2D eigenvalue weighted by atomic mass is 32.2. The van der Waals surface area contributed by atoms with E-state index in [2.05, 4.69) is 20.1 Å². The minimum atomic E-state index is -0.751. The number of nitrogens with zero attached hydrogens (tertiary/aromatic N) is 2. The van der Waals surface area contributed by atoms with Gasteiger partial charge in [0.05, 0.1) is 29.2 Å². The number of carbonyl (C=O) groups excluding carboxylic acids is 3. The number of fused-ring (bicyclic) bond motifs is 1. The number of amides is 2. The highest BCUT2D eigenvalue weighted by Crippen LogP contribution is 2.69. The maximum Gasteiger partial charge on any atom is 0.311 e. The van der Waals surface area contributed by atoms with Gasteiger partial charge in [-0.2, -0.15) is 0 Å². The van der Waals surface area contributed by atoms with E-state index in [9.17, 15) is 19.5 Å². The lowest BCUT2D eigenvalue weighted by Crippen LogP contribution is -2.60. The minimum Gasteiger partial charge on any atom is -0.461 e. The Bertz CT molecular complexity index is 815. The molecule has 33 heavy (non-hydrogen) atoms. The van der Waals surface area contributed by atoms with E-state index in [0.717, 1.165) is 6.42 Å². The van der Waals surface area contributed by atoms with Crippen molar-refractivity contribution in [2.75, 3.05) is 19.8 Å². The molecule has 0 saturated carbocycles. The predicted octanol–water partition coefficient (Wildman–Crippen LogP) is 2.49. The molecule has 0 aliphatic carbocycles. The molecule has 3 aliphatic rings. The van der Waals surface area contributed by atoms with Crippen LogP contribution in [0.25, 0.3) is 0 Å². The Morgan fingerprint density at radius 1 is 1.30 bits per heavy atom. The number of hydrogen-bond donors (Lipinski definition) is 1. The molecule has 2 amide bonds. The molecule has 3 rings (SSSR count). The van der Waals surface area contributed by atoms with Crippen LogP contribution in [0, 0.1) is 23.7 Å². The molecule has 7 atom stereocenters. The molecular formula is C25H38N2O5S. The van der Waals surface area contributed by atoms with Crippen LogP contribution in [0.4, 0.5) is 0 Å². The molecule has 0 aromatic heterocycles. The van der Waals surface area contributed by atoms with Gasteiger partial charge in [-0.15, -0.1) is 18.3 Å². The highest BCUT2D eigenvalue weighted by molar-refractivity contribution is 8.02. The van der Waals surface area contributed by atoms with Gasteiger partial charge < -0.3 is 19.6 Å². The quantitative estimate of drug-likeness (QED) is 0.384. The number of likely N-dealkylation sites (tertiary alicyclic amines) is 1. The number of esters is 1. The first-order chi connectivity index (χ1) is 15.6. The summed E-state index contributed by atoms with van der Waals surface area (Å²) in [7, 11) is 0. The largest absolute Gasteiger partial charge is 0.461 e. The first kappa shape index (κ1) is 25.8. The number of aliphatic hydroxyl groups is 1. The van der Waals surface area contributed by atoms with Gasteiger partial charge in [-0.3, -0.25) is 14.4 Å². The van der Waals surface area contributed by atoms with Gasteiger partial charge in [0.25, 0.3) is 0 Å². The van der Waals surface area contributed by atoms with E-state index < -0.39 is 34.6 Å². The van der Waals surface area contributed by atoms with Crippen LogP contribution in [-0.4, -0.2) is 80.6 Å². The number of ether oxygens (including phenoxy) is 1. The van der Waals surface area contributed by atoms with Crippen molar-refractivity contribution in [2.24, 2.45) is 23.7 Å². The first-order valence-electron chi connectivity index (χ1n) is 11.9. The third-order valence-electron chi connectivity index (χ3n) is 7.58. The summed E-state index contributed by atoms with van der Waals surface area (Å²) in [5, 5.41) is 10.2. The number of aliphatic hydroxyl groups excluding tert-OH is 1. The fourth-order valence-electron chi connectivity index (χ4n) is 6.07. The number of rotatable bonds is 10. The van der Waals surface area contributed by atoms with E-state index in [0.29, 0.717) is 6.54 Å². The summed E-state index contributed by atoms with van der Waals surface area (Å²) < 4.78 is 4.68. The second-order valence-corrected chi connectivity index (χ2v) is 11.6. The number of thioether (sulfide) groups is 1. The van der Waals surface area contributed by atoms with E-state index in [-0.39, 0.29) is 48.2 Å². The van der Waals surface area contributed by atoms with Gasteiger partial charge in [0.1, 0.15) is 12.6 Å². The Kier molecular flexibility index (Phi) is 7.68. The van der Waals surface area contributed by atoms with E-state index in [1.54, 1.807) is 27.6 Å². The molecule has 184 valence electrons. The van der Waals surface area contributed by atoms with E-state index in [4.69, 9.17) is 4.74 Å². The van der Waals surface area contributed by atoms with E-state index in [1.165, 1.54) is 6.08 Å². The molecule has 3 saturated heterocycles. The van der Waals surface area contributed by atoms with Crippen LogP contribution in [0.15, 0.2) is 25.3 Å². The van der Waals surface area contributed by atoms with Gasteiger partial charge in [-0.1, -0.05) is 39.5 Å². The molecule has 0 aromatic carbocycles. The molecule has 0 radical (unpaired) electrons. The van der Waals surface area contributed by atoms with Crippen LogP contribution < -0.4 is 0 Å². The molecule has 3 heterocycles. The zero-order valence-corrected chi connectivity index (χ0v) is 21.2. The Morgan fingerprint density at radius 3 is 2.48 bits per heavy atom. The predicted molar refractivity (Wildman–Crippen MR) is 129 cm³/mol. The Balaban J connectivity index is 2.15. The molecule has 2 bridgehead atoms. The van der Waals surface area contributed by atoms with Gasteiger partial charge in [-0.05, 0) is 32.1 Å². The Morgan fingerprint density at radius 2 is 1.97 bits per heavy atom. The summed E-state index contributed by atoms with van der Waals surface area (Å²) in [6, 6.07) is -1.35. The number of hydrogen-bond acceptors (Lipinski definition) is 6. The Hall–Kier alpha value is -1.80. The standard InChI is InChI=1S/C25H38N2O5S/c1-8-10-26(15(5)6)23(30)21-25-16(7)12-18(33-25)19(24(31)32-11-9-2)20(25)22(29)27(21)17(13-28)14(3)4/h8-9,14-21,28H,1-2,10-13H2,3-7H3/t16?,17-,18-,19+,20-,21?,25?/m0/s1. The molecule has 3 unspecified atom stereocenters. The normalized spacial score (nSPS) is 33.4. The van der Waals surface area contributed by atoms with Crippen molar-refractivity contribution in [3.63, 3.8) is 0 Å². The van der Waals surface area contributed by atoms with Gasteiger partial charge in [0.2, 0.25) is 11.8 Å². The highest BCUT2D eigenvalue weighted by Gasteiger charge is 2.77. The molecule has 7 nitrogen and oxygen atoms in total. The fraction of sp³-hybridized carbons (Fsp3) is 0.720. The van der Waals surface area contributed by atoms with Crippen LogP contribution in [0.3, 0.4) is 0 Å². The summed E-state index contributed by atoms with van der Waals surface area (Å²) in [6.45, 7) is 17.5. The van der Waals surface area contributed by atoms with Gasteiger partial charge in [-0.25, -0.2) is 0 Å². The molecule has 1 spiro atoms. The lowest BCUT2D eigenvalue weighted by Gasteiger charge is -2.43. The zero-order valence-electron chi connectivity index (χ0n) is 20.4. The van der Waals surface area contributed by atoms with E-state index in [1.807, 2.05) is 27.7 Å². The monoisotopic (exact) mass is 478 g/mol. The number of carbonyl (C=O) groups is 3. The Labute approximate surface area is 201 Å². The van der Waals surface area contributed by atoms with E-state index >= 15 is 0 Å². The summed E-state index contributed by atoms with van der Waals surface area (Å²) in [5.41, 5.74) is 0. The first-order valence-corrected chi connectivity index (χ1v) is 12.8. The lowest BCUT2D eigenvalue weighted by atomic mass is 9.66. The maximum atomic E-state index is 14.2. The molecule has 3 aliphatic heterocycles. The van der Waals surface area contributed by atoms with Crippen molar-refractivity contribution in [3.8, 4) is 0 Å². The summed E-state index contributed by atoms with van der Waals surface area (Å²) in [6.07, 6.45) is 3.95. The smallest absolute Gasteiger partial charge is 0.311 e. The molecule has 1 N–H and O–H groups in total. The molecule has 3 fully saturated rings. The fourth-order valence-corrected chi connectivity index (χ4v) is 8.46. The van der Waals surface area contributed by atoms with Gasteiger partial charge >= 0.3 is 5.97 Å². The van der Waals surface area contributed by atoms with Crippen molar-refractivity contribution in [1.82, 2.24) is 9.80 Å². The third kappa shape index (κ3) is 3.93. The van der Waals surface area contributed by atoms with Crippen LogP contribution in [0.2, 0.25) is 0 Å². The van der Waals surface area contributed by atoms with Crippen molar-refractivity contribution in [1.29, 1.82) is 0 Å². The van der Waals surface area contributed by atoms with Gasteiger partial charge in [0, 0.05) is 17.8 Å². The van der Waals surface area contributed by atoms with Gasteiger partial charge in [0.15, 0.2) is 0 Å².